The second kappa shape index (κ2) is 6.81. The maximum atomic E-state index is 12.3. The fraction of sp³-hybridized carbons (Fsp3) is 0.286. The van der Waals surface area contributed by atoms with Gasteiger partial charge in [-0.15, -0.1) is 10.2 Å². The second-order valence-electron chi connectivity index (χ2n) is 5.17. The average Bonchev–Trinajstić information content (AvgIpc) is 3.13. The highest BCUT2D eigenvalue weighted by Crippen LogP contribution is 2.27. The van der Waals surface area contributed by atoms with E-state index < -0.39 is 5.25 Å². The van der Waals surface area contributed by atoms with Crippen molar-refractivity contribution in [3.05, 3.63) is 28.7 Å². The van der Waals surface area contributed by atoms with E-state index in [4.69, 9.17) is 5.84 Å². The number of urea groups is 1. The summed E-state index contributed by atoms with van der Waals surface area (Å²) < 4.78 is 2.25. The lowest BCUT2D eigenvalue weighted by Gasteiger charge is -2.16. The van der Waals surface area contributed by atoms with Crippen LogP contribution < -0.4 is 11.2 Å². The van der Waals surface area contributed by atoms with Gasteiger partial charge in [-0.1, -0.05) is 39.8 Å². The van der Waals surface area contributed by atoms with Gasteiger partial charge in [0, 0.05) is 23.1 Å². The predicted molar refractivity (Wildman–Crippen MR) is 93.7 cm³/mol. The van der Waals surface area contributed by atoms with Crippen molar-refractivity contribution in [3.63, 3.8) is 0 Å². The van der Waals surface area contributed by atoms with Crippen LogP contribution in [0.2, 0.25) is 0 Å². The first kappa shape index (κ1) is 16.8. The molecule has 24 heavy (non-hydrogen) atoms. The summed E-state index contributed by atoms with van der Waals surface area (Å²) in [5.74, 6) is 6.29. The van der Waals surface area contributed by atoms with Crippen LogP contribution in [0.15, 0.2) is 33.9 Å². The molecule has 1 fully saturated rings. The molecule has 10 heteroatoms. The smallest absolute Gasteiger partial charge is 0.324 e. The zero-order chi connectivity index (χ0) is 17.3. The number of thioether (sulfide) groups is 1. The molecule has 1 aliphatic rings. The standard InChI is InChI=1S/C14H15BrN6O2S/c1-8(12(22)20-6-5-17-13(20)23)24-14-19-18-11(21(14)16)9-3-2-4-10(15)7-9/h2-4,7-8H,5-6,16H2,1H3,(H,17,23)/t8-/m1/s1. The summed E-state index contributed by atoms with van der Waals surface area (Å²) in [5, 5.41) is 10.7. The van der Waals surface area contributed by atoms with E-state index in [-0.39, 0.29) is 11.9 Å². The van der Waals surface area contributed by atoms with E-state index in [2.05, 4.69) is 31.4 Å². The van der Waals surface area contributed by atoms with E-state index in [9.17, 15) is 9.59 Å². The van der Waals surface area contributed by atoms with Crippen molar-refractivity contribution >= 4 is 39.6 Å². The molecular formula is C14H15BrN6O2S. The van der Waals surface area contributed by atoms with E-state index in [0.717, 1.165) is 10.0 Å². The van der Waals surface area contributed by atoms with Gasteiger partial charge in [-0.2, -0.15) is 0 Å². The number of hydrogen-bond acceptors (Lipinski definition) is 6. The molecule has 0 unspecified atom stereocenters. The highest BCUT2D eigenvalue weighted by Gasteiger charge is 2.31. The number of nitrogens with two attached hydrogens (primary N) is 1. The largest absolute Gasteiger partial charge is 0.336 e. The Morgan fingerprint density at radius 1 is 1.46 bits per heavy atom. The average molecular weight is 411 g/mol. The van der Waals surface area contributed by atoms with Crippen LogP contribution in [0.25, 0.3) is 11.4 Å². The van der Waals surface area contributed by atoms with Crippen molar-refractivity contribution in [1.82, 2.24) is 25.1 Å². The molecule has 1 aromatic carbocycles. The first-order valence-electron chi connectivity index (χ1n) is 7.19. The molecule has 126 valence electrons. The Kier molecular flexibility index (Phi) is 4.76. The zero-order valence-electron chi connectivity index (χ0n) is 12.8. The van der Waals surface area contributed by atoms with Gasteiger partial charge in [-0.05, 0) is 19.1 Å². The summed E-state index contributed by atoms with van der Waals surface area (Å²) in [6.45, 7) is 2.56. The fourth-order valence-corrected chi connectivity index (χ4v) is 3.52. The number of aromatic nitrogens is 3. The van der Waals surface area contributed by atoms with Gasteiger partial charge < -0.3 is 11.2 Å². The summed E-state index contributed by atoms with van der Waals surface area (Å²) in [7, 11) is 0. The third kappa shape index (κ3) is 3.24. The molecular weight excluding hydrogens is 396 g/mol. The molecule has 1 atom stereocenters. The van der Waals surface area contributed by atoms with Crippen molar-refractivity contribution < 1.29 is 9.59 Å². The van der Waals surface area contributed by atoms with Crippen LogP contribution in [0.3, 0.4) is 0 Å². The van der Waals surface area contributed by atoms with Gasteiger partial charge in [0.25, 0.3) is 0 Å². The Morgan fingerprint density at radius 3 is 2.92 bits per heavy atom. The number of imide groups is 1. The highest BCUT2D eigenvalue weighted by molar-refractivity contribution is 9.10. The van der Waals surface area contributed by atoms with Gasteiger partial charge in [-0.25, -0.2) is 9.47 Å². The number of nitrogens with one attached hydrogen (secondary N) is 1. The van der Waals surface area contributed by atoms with Crippen LogP contribution in [0.1, 0.15) is 6.92 Å². The third-order valence-electron chi connectivity index (χ3n) is 3.50. The van der Waals surface area contributed by atoms with Crippen molar-refractivity contribution in [2.24, 2.45) is 0 Å². The molecule has 3 amide bonds. The Morgan fingerprint density at radius 2 is 2.25 bits per heavy atom. The minimum absolute atomic E-state index is 0.276. The van der Waals surface area contributed by atoms with Gasteiger partial charge in [0.05, 0.1) is 5.25 Å². The van der Waals surface area contributed by atoms with Crippen LogP contribution in [0, 0.1) is 0 Å². The van der Waals surface area contributed by atoms with Crippen LogP contribution in [-0.4, -0.2) is 50.1 Å². The molecule has 1 saturated heterocycles. The number of benzene rings is 1. The summed E-state index contributed by atoms with van der Waals surface area (Å²) >= 11 is 4.57. The van der Waals surface area contributed by atoms with E-state index in [1.807, 2.05) is 24.3 Å². The summed E-state index contributed by atoms with van der Waals surface area (Å²) in [6, 6.07) is 7.16. The molecule has 0 bridgehead atoms. The molecule has 0 spiro atoms. The topological polar surface area (TPSA) is 106 Å². The summed E-state index contributed by atoms with van der Waals surface area (Å²) in [4.78, 5) is 25.1. The van der Waals surface area contributed by atoms with Crippen LogP contribution in [0.4, 0.5) is 4.79 Å². The highest BCUT2D eigenvalue weighted by atomic mass is 79.9. The van der Waals surface area contributed by atoms with Crippen molar-refractivity contribution in [1.29, 1.82) is 0 Å². The molecule has 2 aromatic rings. The lowest BCUT2D eigenvalue weighted by Crippen LogP contribution is -2.39. The number of nitrogens with zero attached hydrogens (tertiary/aromatic N) is 4. The molecule has 3 rings (SSSR count). The Bertz CT molecular complexity index is 795. The molecule has 2 heterocycles. The first-order valence-corrected chi connectivity index (χ1v) is 8.87. The number of carbonyl (C=O) groups is 2. The molecule has 8 nitrogen and oxygen atoms in total. The molecule has 1 aliphatic heterocycles. The lowest BCUT2D eigenvalue weighted by molar-refractivity contribution is -0.126. The Hall–Kier alpha value is -2.07. The van der Waals surface area contributed by atoms with E-state index >= 15 is 0 Å². The number of nitrogen functional groups attached to an aromatic ring is 1. The Balaban J connectivity index is 1.76. The number of amides is 3. The van der Waals surface area contributed by atoms with Gasteiger partial charge in [0.1, 0.15) is 0 Å². The van der Waals surface area contributed by atoms with Crippen molar-refractivity contribution in [2.45, 2.75) is 17.3 Å². The summed E-state index contributed by atoms with van der Waals surface area (Å²) in [5.41, 5.74) is 0.809. The zero-order valence-corrected chi connectivity index (χ0v) is 15.2. The van der Waals surface area contributed by atoms with E-state index in [1.54, 1.807) is 6.92 Å². The lowest BCUT2D eigenvalue weighted by atomic mass is 10.2. The number of carbonyl (C=O) groups excluding carboxylic acids is 2. The number of hydrogen-bond donors (Lipinski definition) is 2. The number of halogens is 1. The Labute approximate surface area is 150 Å². The molecule has 0 saturated carbocycles. The fourth-order valence-electron chi connectivity index (χ4n) is 2.29. The van der Waals surface area contributed by atoms with Crippen molar-refractivity contribution in [3.8, 4) is 11.4 Å². The monoisotopic (exact) mass is 410 g/mol. The normalized spacial score (nSPS) is 15.4. The predicted octanol–water partition coefficient (Wildman–Crippen LogP) is 1.45. The minimum atomic E-state index is -0.504. The van der Waals surface area contributed by atoms with Gasteiger partial charge in [0.15, 0.2) is 5.82 Å². The van der Waals surface area contributed by atoms with Crippen LogP contribution in [0.5, 0.6) is 0 Å². The maximum absolute atomic E-state index is 12.3. The SMILES string of the molecule is C[C@@H](Sc1nnc(-c2cccc(Br)c2)n1N)C(=O)N1CCNC1=O. The van der Waals surface area contributed by atoms with Crippen LogP contribution >= 0.6 is 27.7 Å². The van der Waals surface area contributed by atoms with Gasteiger partial charge in [-0.3, -0.25) is 9.69 Å². The van der Waals surface area contributed by atoms with Gasteiger partial charge in [0.2, 0.25) is 11.1 Å². The number of rotatable bonds is 4. The quantitative estimate of drug-likeness (QED) is 0.583. The van der Waals surface area contributed by atoms with E-state index in [0.29, 0.717) is 24.1 Å². The van der Waals surface area contributed by atoms with Gasteiger partial charge >= 0.3 is 6.03 Å². The molecule has 0 radical (unpaired) electrons. The molecule has 0 aliphatic carbocycles. The summed E-state index contributed by atoms with van der Waals surface area (Å²) in [6.07, 6.45) is 0. The van der Waals surface area contributed by atoms with Crippen molar-refractivity contribution in [2.75, 3.05) is 18.9 Å². The third-order valence-corrected chi connectivity index (χ3v) is 5.04. The van der Waals surface area contributed by atoms with Crippen LogP contribution in [-0.2, 0) is 4.79 Å². The minimum Gasteiger partial charge on any atom is -0.336 e. The maximum Gasteiger partial charge on any atom is 0.324 e. The molecule has 3 N–H and O–H groups in total. The van der Waals surface area contributed by atoms with E-state index in [1.165, 1.54) is 21.3 Å². The molecule has 1 aromatic heterocycles. The second-order valence-corrected chi connectivity index (χ2v) is 7.39. The first-order chi connectivity index (χ1) is 11.5.